The van der Waals surface area contributed by atoms with Crippen LogP contribution in [0.2, 0.25) is 0 Å². The van der Waals surface area contributed by atoms with E-state index in [1.165, 1.54) is 19.4 Å². The molecule has 1 aliphatic heterocycles. The first-order valence-corrected chi connectivity index (χ1v) is 7.84. The molecule has 138 valence electrons. The van der Waals surface area contributed by atoms with Gasteiger partial charge in [0.15, 0.2) is 0 Å². The van der Waals surface area contributed by atoms with E-state index >= 15 is 0 Å². The Bertz CT molecular complexity index is 759. The van der Waals surface area contributed by atoms with Crippen LogP contribution in [0, 0.1) is 0 Å². The van der Waals surface area contributed by atoms with Crippen LogP contribution in [-0.4, -0.2) is 42.1 Å². The maximum atomic E-state index is 12.6. The third-order valence-electron chi connectivity index (χ3n) is 3.73. The first-order valence-electron chi connectivity index (χ1n) is 7.84. The Hall–Kier alpha value is -3.36. The molecule has 1 unspecified atom stereocenters. The van der Waals surface area contributed by atoms with E-state index in [9.17, 15) is 19.2 Å². The van der Waals surface area contributed by atoms with Crippen LogP contribution >= 0.6 is 0 Å². The van der Waals surface area contributed by atoms with E-state index < -0.39 is 23.9 Å². The molecule has 1 heterocycles. The molecule has 0 aromatic heterocycles. The van der Waals surface area contributed by atoms with Gasteiger partial charge in [-0.15, -0.1) is 0 Å². The quantitative estimate of drug-likeness (QED) is 0.433. The van der Waals surface area contributed by atoms with Gasteiger partial charge in [0.1, 0.15) is 6.04 Å². The number of hydrogen-bond acceptors (Lipinski definition) is 5. The standard InChI is InChI=1S/C17H19N3O6/c1-26-7-6-11-3-2-10(9-18-17(24)25)8-12(11)15(22)19-13-4-5-14(21)20-16(13)23/h2-3,6-8,13,18H,4-5,9H2,1H3,(H,19,22)(H,24,25)(H,20,21,23). The van der Waals surface area contributed by atoms with Crippen molar-refractivity contribution in [1.82, 2.24) is 16.0 Å². The van der Waals surface area contributed by atoms with Crippen molar-refractivity contribution in [3.8, 4) is 0 Å². The summed E-state index contributed by atoms with van der Waals surface area (Å²) in [4.78, 5) is 46.3. The van der Waals surface area contributed by atoms with Crippen LogP contribution in [0.4, 0.5) is 4.79 Å². The van der Waals surface area contributed by atoms with Gasteiger partial charge in [-0.3, -0.25) is 19.7 Å². The predicted octanol–water partition coefficient (Wildman–Crippen LogP) is 0.606. The minimum Gasteiger partial charge on any atom is -0.504 e. The second kappa shape index (κ2) is 8.65. The van der Waals surface area contributed by atoms with Crippen LogP contribution in [-0.2, 0) is 20.9 Å². The fraction of sp³-hybridized carbons (Fsp3) is 0.294. The number of carboxylic acid groups (broad SMARTS) is 1. The molecule has 26 heavy (non-hydrogen) atoms. The summed E-state index contributed by atoms with van der Waals surface area (Å²) in [7, 11) is 1.46. The van der Waals surface area contributed by atoms with E-state index in [0.29, 0.717) is 11.1 Å². The molecule has 4 amide bonds. The maximum Gasteiger partial charge on any atom is 0.404 e. The summed E-state index contributed by atoms with van der Waals surface area (Å²) < 4.78 is 4.86. The molecule has 1 aromatic rings. The van der Waals surface area contributed by atoms with Crippen LogP contribution in [0.5, 0.6) is 0 Å². The first kappa shape index (κ1) is 19.0. The van der Waals surface area contributed by atoms with Crippen molar-refractivity contribution in [3.63, 3.8) is 0 Å². The average molecular weight is 361 g/mol. The van der Waals surface area contributed by atoms with Gasteiger partial charge in [-0.05, 0) is 29.7 Å². The number of benzene rings is 1. The van der Waals surface area contributed by atoms with E-state index in [4.69, 9.17) is 9.84 Å². The molecule has 0 spiro atoms. The van der Waals surface area contributed by atoms with Crippen LogP contribution in [0.15, 0.2) is 24.5 Å². The van der Waals surface area contributed by atoms with E-state index in [-0.39, 0.29) is 30.9 Å². The molecular formula is C17H19N3O6. The number of methoxy groups -OCH3 is 1. The Kier molecular flexibility index (Phi) is 6.31. The summed E-state index contributed by atoms with van der Waals surface area (Å²) in [6, 6.07) is 4.05. The Morgan fingerprint density at radius 1 is 1.38 bits per heavy atom. The van der Waals surface area contributed by atoms with Gasteiger partial charge in [-0.2, -0.15) is 0 Å². The summed E-state index contributed by atoms with van der Waals surface area (Å²) in [6.45, 7) is 0.0301. The van der Waals surface area contributed by atoms with Crippen molar-refractivity contribution in [3.05, 3.63) is 41.2 Å². The number of hydrogen-bond donors (Lipinski definition) is 4. The van der Waals surface area contributed by atoms with Crippen LogP contribution in [0.25, 0.3) is 6.08 Å². The van der Waals surface area contributed by atoms with Crippen molar-refractivity contribution in [2.45, 2.75) is 25.4 Å². The molecule has 1 aliphatic rings. The lowest BCUT2D eigenvalue weighted by Gasteiger charge is -2.22. The van der Waals surface area contributed by atoms with Crippen molar-refractivity contribution in [2.75, 3.05) is 7.11 Å². The topological polar surface area (TPSA) is 134 Å². The van der Waals surface area contributed by atoms with Gasteiger partial charge in [0.25, 0.3) is 5.91 Å². The highest BCUT2D eigenvalue weighted by Gasteiger charge is 2.28. The zero-order valence-electron chi connectivity index (χ0n) is 14.1. The molecule has 1 saturated heterocycles. The zero-order valence-corrected chi connectivity index (χ0v) is 14.1. The predicted molar refractivity (Wildman–Crippen MR) is 91.0 cm³/mol. The summed E-state index contributed by atoms with van der Waals surface area (Å²) in [6.07, 6.45) is 2.17. The molecular weight excluding hydrogens is 342 g/mol. The van der Waals surface area contributed by atoms with E-state index in [2.05, 4.69) is 16.0 Å². The fourth-order valence-electron chi connectivity index (χ4n) is 2.44. The minimum atomic E-state index is -1.18. The number of carbonyl (C=O) groups excluding carboxylic acids is 3. The van der Waals surface area contributed by atoms with Crippen molar-refractivity contribution < 1.29 is 29.0 Å². The van der Waals surface area contributed by atoms with Gasteiger partial charge >= 0.3 is 6.09 Å². The SMILES string of the molecule is COC=Cc1ccc(CNC(=O)O)cc1C(=O)NC1CCC(=O)NC1=O. The second-order valence-corrected chi connectivity index (χ2v) is 5.60. The first-order chi connectivity index (χ1) is 12.4. The maximum absolute atomic E-state index is 12.6. The Morgan fingerprint density at radius 3 is 2.81 bits per heavy atom. The average Bonchev–Trinajstić information content (AvgIpc) is 2.60. The third kappa shape index (κ3) is 5.07. The van der Waals surface area contributed by atoms with Gasteiger partial charge in [0.2, 0.25) is 11.8 Å². The van der Waals surface area contributed by atoms with Gasteiger partial charge in [-0.25, -0.2) is 4.79 Å². The van der Waals surface area contributed by atoms with Gasteiger partial charge in [0, 0.05) is 18.5 Å². The monoisotopic (exact) mass is 361 g/mol. The molecule has 9 nitrogen and oxygen atoms in total. The number of rotatable bonds is 6. The lowest BCUT2D eigenvalue weighted by Crippen LogP contribution is -2.52. The Balaban J connectivity index is 2.22. The molecule has 1 atom stereocenters. The number of amides is 4. The Labute approximate surface area is 149 Å². The van der Waals surface area contributed by atoms with E-state index in [1.54, 1.807) is 18.2 Å². The van der Waals surface area contributed by atoms with Gasteiger partial charge in [0.05, 0.1) is 13.4 Å². The fourth-order valence-corrected chi connectivity index (χ4v) is 2.44. The number of imide groups is 1. The van der Waals surface area contributed by atoms with Crippen molar-refractivity contribution in [1.29, 1.82) is 0 Å². The zero-order chi connectivity index (χ0) is 19.1. The van der Waals surface area contributed by atoms with Crippen molar-refractivity contribution in [2.24, 2.45) is 0 Å². The highest BCUT2D eigenvalue weighted by molar-refractivity contribution is 6.04. The molecule has 9 heteroatoms. The number of piperidine rings is 1. The van der Waals surface area contributed by atoms with E-state index in [0.717, 1.165) is 0 Å². The number of nitrogens with one attached hydrogen (secondary N) is 3. The molecule has 4 N–H and O–H groups in total. The molecule has 2 rings (SSSR count). The summed E-state index contributed by atoms with van der Waals surface area (Å²) in [5, 5.41) is 15.7. The largest absolute Gasteiger partial charge is 0.504 e. The number of ether oxygens (including phenoxy) is 1. The van der Waals surface area contributed by atoms with E-state index in [1.807, 2.05) is 0 Å². The smallest absolute Gasteiger partial charge is 0.404 e. The molecule has 1 fully saturated rings. The molecule has 0 bridgehead atoms. The molecule has 0 aliphatic carbocycles. The lowest BCUT2D eigenvalue weighted by molar-refractivity contribution is -0.134. The number of carbonyl (C=O) groups is 4. The van der Waals surface area contributed by atoms with Crippen LogP contribution in [0.1, 0.15) is 34.3 Å². The molecule has 0 saturated carbocycles. The summed E-state index contributed by atoms with van der Waals surface area (Å²) >= 11 is 0. The molecule has 0 radical (unpaired) electrons. The lowest BCUT2D eigenvalue weighted by atomic mass is 10.0. The third-order valence-corrected chi connectivity index (χ3v) is 3.73. The van der Waals surface area contributed by atoms with Gasteiger partial charge in [-0.1, -0.05) is 12.1 Å². The van der Waals surface area contributed by atoms with Crippen LogP contribution < -0.4 is 16.0 Å². The van der Waals surface area contributed by atoms with Crippen molar-refractivity contribution >= 4 is 29.9 Å². The Morgan fingerprint density at radius 2 is 2.15 bits per heavy atom. The minimum absolute atomic E-state index is 0.0301. The normalized spacial score (nSPS) is 16.9. The summed E-state index contributed by atoms with van der Waals surface area (Å²) in [5.41, 5.74) is 1.37. The van der Waals surface area contributed by atoms with Gasteiger partial charge < -0.3 is 20.5 Å². The molecule has 1 aromatic carbocycles. The summed E-state index contributed by atoms with van der Waals surface area (Å²) in [5.74, 6) is -1.43. The highest BCUT2D eigenvalue weighted by atomic mass is 16.5. The second-order valence-electron chi connectivity index (χ2n) is 5.60. The highest BCUT2D eigenvalue weighted by Crippen LogP contribution is 2.16. The van der Waals surface area contributed by atoms with Crippen LogP contribution in [0.3, 0.4) is 0 Å².